The van der Waals surface area contributed by atoms with E-state index in [1.807, 2.05) is 29.2 Å². The van der Waals surface area contributed by atoms with Crippen molar-refractivity contribution in [3.05, 3.63) is 41.5 Å². The van der Waals surface area contributed by atoms with Gasteiger partial charge in [-0.3, -0.25) is 4.79 Å². The quantitative estimate of drug-likeness (QED) is 0.755. The predicted molar refractivity (Wildman–Crippen MR) is 66.2 cm³/mol. The summed E-state index contributed by atoms with van der Waals surface area (Å²) in [7, 11) is 0. The third-order valence-electron chi connectivity index (χ3n) is 3.08. The number of amides is 1. The Balaban J connectivity index is 2.27. The van der Waals surface area contributed by atoms with Crippen molar-refractivity contribution in [3.63, 3.8) is 0 Å². The first kappa shape index (κ1) is 10.9. The van der Waals surface area contributed by atoms with Gasteiger partial charge in [0.25, 0.3) is 5.91 Å². The highest BCUT2D eigenvalue weighted by atomic mass is 16.2. The second-order valence-corrected chi connectivity index (χ2v) is 4.16. The Morgan fingerprint density at radius 3 is 3.00 bits per heavy atom. The highest BCUT2D eigenvalue weighted by Crippen LogP contribution is 2.26. The average Bonchev–Trinajstić information content (AvgIpc) is 2.64. The van der Waals surface area contributed by atoms with E-state index in [2.05, 4.69) is 13.5 Å². The van der Waals surface area contributed by atoms with Crippen LogP contribution in [0, 0.1) is 0 Å². The molecule has 0 atom stereocenters. The molecule has 2 heteroatoms. The van der Waals surface area contributed by atoms with E-state index in [9.17, 15) is 4.79 Å². The van der Waals surface area contributed by atoms with Crippen molar-refractivity contribution >= 4 is 12.0 Å². The van der Waals surface area contributed by atoms with Crippen molar-refractivity contribution in [1.82, 2.24) is 4.90 Å². The van der Waals surface area contributed by atoms with Gasteiger partial charge in [-0.05, 0) is 23.6 Å². The molecule has 0 aromatic heterocycles. The highest BCUT2D eigenvalue weighted by Gasteiger charge is 2.27. The van der Waals surface area contributed by atoms with Crippen LogP contribution in [-0.4, -0.2) is 17.4 Å². The molecule has 0 radical (unpaired) electrons. The fraction of sp³-hybridized carbons (Fsp3) is 0.357. The Hall–Kier alpha value is -1.57. The number of rotatable bonds is 4. The molecule has 0 unspecified atom stereocenters. The van der Waals surface area contributed by atoms with Crippen LogP contribution >= 0.6 is 0 Å². The van der Waals surface area contributed by atoms with Gasteiger partial charge in [0.05, 0.1) is 0 Å². The van der Waals surface area contributed by atoms with E-state index in [4.69, 9.17) is 0 Å². The SMILES string of the molecule is C=Cc1cccc2c1CN(CCCC)C2=O. The summed E-state index contributed by atoms with van der Waals surface area (Å²) in [6.45, 7) is 7.54. The van der Waals surface area contributed by atoms with E-state index in [0.717, 1.165) is 42.6 Å². The van der Waals surface area contributed by atoms with Crippen molar-refractivity contribution in [2.75, 3.05) is 6.54 Å². The lowest BCUT2D eigenvalue weighted by atomic mass is 10.0. The topological polar surface area (TPSA) is 20.3 Å². The Labute approximate surface area is 96.6 Å². The van der Waals surface area contributed by atoms with Crippen LogP contribution in [0.5, 0.6) is 0 Å². The Kier molecular flexibility index (Phi) is 3.09. The second kappa shape index (κ2) is 4.52. The summed E-state index contributed by atoms with van der Waals surface area (Å²) in [5, 5.41) is 0. The van der Waals surface area contributed by atoms with Gasteiger partial charge in [-0.2, -0.15) is 0 Å². The van der Waals surface area contributed by atoms with E-state index in [1.165, 1.54) is 0 Å². The molecule has 84 valence electrons. The molecule has 2 nitrogen and oxygen atoms in total. The number of fused-ring (bicyclic) bond motifs is 1. The molecule has 0 aliphatic carbocycles. The van der Waals surface area contributed by atoms with Crippen molar-refractivity contribution in [1.29, 1.82) is 0 Å². The zero-order valence-electron chi connectivity index (χ0n) is 9.70. The first-order valence-corrected chi connectivity index (χ1v) is 5.81. The standard InChI is InChI=1S/C14H17NO/c1-3-5-9-15-10-13-11(4-2)7-6-8-12(13)14(15)16/h4,6-8H,2-3,5,9-10H2,1H3. The average molecular weight is 215 g/mol. The molecule has 0 saturated heterocycles. The lowest BCUT2D eigenvalue weighted by Gasteiger charge is -2.14. The zero-order valence-corrected chi connectivity index (χ0v) is 9.70. The third kappa shape index (κ3) is 1.75. The molecule has 1 aromatic carbocycles. The molecule has 1 amide bonds. The summed E-state index contributed by atoms with van der Waals surface area (Å²) < 4.78 is 0. The number of carbonyl (C=O) groups is 1. The molecule has 1 aliphatic rings. The minimum Gasteiger partial charge on any atom is -0.334 e. The Bertz CT molecular complexity index is 423. The summed E-state index contributed by atoms with van der Waals surface area (Å²) >= 11 is 0. The van der Waals surface area contributed by atoms with Gasteiger partial charge in [-0.15, -0.1) is 0 Å². The van der Waals surface area contributed by atoms with Gasteiger partial charge in [-0.1, -0.05) is 38.1 Å². The van der Waals surface area contributed by atoms with Crippen molar-refractivity contribution in [3.8, 4) is 0 Å². The van der Waals surface area contributed by atoms with E-state index in [0.29, 0.717) is 0 Å². The highest BCUT2D eigenvalue weighted by molar-refractivity contribution is 5.99. The summed E-state index contributed by atoms with van der Waals surface area (Å²) in [5.41, 5.74) is 3.08. The second-order valence-electron chi connectivity index (χ2n) is 4.16. The molecule has 16 heavy (non-hydrogen) atoms. The van der Waals surface area contributed by atoms with Gasteiger partial charge in [0.1, 0.15) is 0 Å². The first-order chi connectivity index (χ1) is 7.77. The molecule has 2 rings (SSSR count). The maximum atomic E-state index is 12.1. The van der Waals surface area contributed by atoms with Crippen molar-refractivity contribution < 1.29 is 4.79 Å². The third-order valence-corrected chi connectivity index (χ3v) is 3.08. The lowest BCUT2D eigenvalue weighted by molar-refractivity contribution is 0.0776. The van der Waals surface area contributed by atoms with Crippen molar-refractivity contribution in [2.24, 2.45) is 0 Å². The maximum absolute atomic E-state index is 12.1. The molecule has 1 aromatic rings. The van der Waals surface area contributed by atoms with E-state index in [1.54, 1.807) is 0 Å². The molecule has 0 N–H and O–H groups in total. The van der Waals surface area contributed by atoms with Gasteiger partial charge in [-0.25, -0.2) is 0 Å². The van der Waals surface area contributed by atoms with Crippen LogP contribution in [0.25, 0.3) is 6.08 Å². The minimum atomic E-state index is 0.173. The number of hydrogen-bond donors (Lipinski definition) is 0. The van der Waals surface area contributed by atoms with E-state index < -0.39 is 0 Å². The van der Waals surface area contributed by atoms with Gasteiger partial charge < -0.3 is 4.90 Å². The van der Waals surface area contributed by atoms with Crippen LogP contribution in [0.15, 0.2) is 24.8 Å². The van der Waals surface area contributed by atoms with Crippen LogP contribution < -0.4 is 0 Å². The Morgan fingerprint density at radius 2 is 2.31 bits per heavy atom. The van der Waals surface area contributed by atoms with Crippen LogP contribution in [0.1, 0.15) is 41.3 Å². The smallest absolute Gasteiger partial charge is 0.254 e. The van der Waals surface area contributed by atoms with Gasteiger partial charge >= 0.3 is 0 Å². The lowest BCUT2D eigenvalue weighted by Crippen LogP contribution is -2.24. The van der Waals surface area contributed by atoms with Gasteiger partial charge in [0.15, 0.2) is 0 Å². The first-order valence-electron chi connectivity index (χ1n) is 5.81. The summed E-state index contributed by atoms with van der Waals surface area (Å²) in [6.07, 6.45) is 4.02. The number of nitrogens with zero attached hydrogens (tertiary/aromatic N) is 1. The van der Waals surface area contributed by atoms with E-state index in [-0.39, 0.29) is 5.91 Å². The number of hydrogen-bond acceptors (Lipinski definition) is 1. The molecule has 1 aliphatic heterocycles. The van der Waals surface area contributed by atoms with Crippen LogP contribution in [0.3, 0.4) is 0 Å². The molecule has 0 fully saturated rings. The molecular formula is C14H17NO. The number of carbonyl (C=O) groups excluding carboxylic acids is 1. The van der Waals surface area contributed by atoms with Gasteiger partial charge in [0.2, 0.25) is 0 Å². The molecular weight excluding hydrogens is 198 g/mol. The monoisotopic (exact) mass is 215 g/mol. The van der Waals surface area contributed by atoms with Gasteiger partial charge in [0, 0.05) is 18.7 Å². The molecule has 1 heterocycles. The summed E-state index contributed by atoms with van der Waals surface area (Å²) in [6, 6.07) is 5.86. The predicted octanol–water partition coefficient (Wildman–Crippen LogP) is 3.09. The van der Waals surface area contributed by atoms with Crippen LogP contribution in [0.2, 0.25) is 0 Å². The normalized spacial score (nSPS) is 14.1. The summed E-state index contributed by atoms with van der Waals surface area (Å²) in [5.74, 6) is 0.173. The maximum Gasteiger partial charge on any atom is 0.254 e. The zero-order chi connectivity index (χ0) is 11.5. The Morgan fingerprint density at radius 1 is 1.50 bits per heavy atom. The molecule has 0 bridgehead atoms. The van der Waals surface area contributed by atoms with Crippen LogP contribution in [-0.2, 0) is 6.54 Å². The largest absolute Gasteiger partial charge is 0.334 e. The van der Waals surface area contributed by atoms with Crippen LogP contribution in [0.4, 0.5) is 0 Å². The minimum absolute atomic E-state index is 0.173. The molecule has 0 saturated carbocycles. The number of unbranched alkanes of at least 4 members (excludes halogenated alkanes) is 1. The van der Waals surface area contributed by atoms with Crippen molar-refractivity contribution in [2.45, 2.75) is 26.3 Å². The number of benzene rings is 1. The fourth-order valence-electron chi connectivity index (χ4n) is 2.14. The summed E-state index contributed by atoms with van der Waals surface area (Å²) in [4.78, 5) is 14.0. The molecule has 0 spiro atoms. The van der Waals surface area contributed by atoms with E-state index >= 15 is 0 Å². The fourth-order valence-corrected chi connectivity index (χ4v) is 2.14.